The minimum absolute atomic E-state index is 0.142. The van der Waals surface area contributed by atoms with Gasteiger partial charge in [0.2, 0.25) is 14.8 Å². The first-order valence-corrected chi connectivity index (χ1v) is 14.6. The number of rotatable bonds is 17. The second kappa shape index (κ2) is 14.7. The molecule has 2 aromatic rings. The molecule has 0 aliphatic carbocycles. The molecule has 0 radical (unpaired) electrons. The maximum absolute atomic E-state index is 12.2. The molecular formula is C24H41N3O2S2. The summed E-state index contributed by atoms with van der Waals surface area (Å²) in [7, 11) is -1.47. The van der Waals surface area contributed by atoms with Crippen LogP contribution >= 0.6 is 11.3 Å². The highest BCUT2D eigenvalue weighted by atomic mass is 32.2. The normalized spacial score (nSPS) is 12.6. The molecular weight excluding hydrogens is 426 g/mol. The highest BCUT2D eigenvalue weighted by Gasteiger charge is 2.09. The number of thiazole rings is 1. The Bertz CT molecular complexity index is 916. The zero-order valence-electron chi connectivity index (χ0n) is 19.4. The van der Waals surface area contributed by atoms with E-state index in [1.165, 1.54) is 82.0 Å². The van der Waals surface area contributed by atoms with Gasteiger partial charge in [-0.15, -0.1) is 5.10 Å². The van der Waals surface area contributed by atoms with E-state index in [2.05, 4.69) is 16.9 Å². The van der Waals surface area contributed by atoms with Crippen LogP contribution in [0, 0.1) is 0 Å². The number of nitrogens with one attached hydrogen (secondary N) is 1. The molecule has 0 amide bonds. The third-order valence-electron chi connectivity index (χ3n) is 5.76. The quantitative estimate of drug-likeness (QED) is 0.214. The van der Waals surface area contributed by atoms with Crippen molar-refractivity contribution >= 4 is 31.6 Å². The van der Waals surface area contributed by atoms with E-state index in [9.17, 15) is 8.42 Å². The number of aromatic nitrogens is 1. The molecule has 7 heteroatoms. The van der Waals surface area contributed by atoms with Crippen LogP contribution in [0.5, 0.6) is 0 Å². The molecule has 1 N–H and O–H groups in total. The zero-order valence-corrected chi connectivity index (χ0v) is 21.1. The number of unbranched alkanes of at least 4 members (excludes halogenated alkanes) is 13. The summed E-state index contributed by atoms with van der Waals surface area (Å²) in [5.74, 6) is 0.142. The summed E-state index contributed by atoms with van der Waals surface area (Å²) < 4.78 is 27.5. The average Bonchev–Trinajstić information content (AvgIpc) is 3.08. The van der Waals surface area contributed by atoms with Crippen molar-refractivity contribution < 1.29 is 8.42 Å². The molecule has 0 aliphatic heterocycles. The van der Waals surface area contributed by atoms with Crippen LogP contribution in [0.15, 0.2) is 29.4 Å². The summed E-state index contributed by atoms with van der Waals surface area (Å²) in [6.07, 6.45) is 17.6. The zero-order chi connectivity index (χ0) is 22.4. The van der Waals surface area contributed by atoms with Crippen LogP contribution in [0.4, 0.5) is 0 Å². The number of sulfonamides is 1. The first-order chi connectivity index (χ1) is 15.0. The molecule has 0 spiro atoms. The summed E-state index contributed by atoms with van der Waals surface area (Å²) in [6.45, 7) is 2.26. The van der Waals surface area contributed by atoms with Gasteiger partial charge >= 0.3 is 0 Å². The Hall–Kier alpha value is -1.34. The van der Waals surface area contributed by atoms with E-state index in [1.54, 1.807) is 0 Å². The Morgan fingerprint density at radius 1 is 0.839 bits per heavy atom. The summed E-state index contributed by atoms with van der Waals surface area (Å²) in [5.41, 5.74) is 1.05. The third-order valence-corrected chi connectivity index (χ3v) is 8.07. The first kappa shape index (κ1) is 25.9. The van der Waals surface area contributed by atoms with Gasteiger partial charge in [-0.1, -0.05) is 114 Å². The highest BCUT2D eigenvalue weighted by Crippen LogP contribution is 2.15. The minimum Gasteiger partial charge on any atom is -0.318 e. The second-order valence-electron chi connectivity index (χ2n) is 8.53. The van der Waals surface area contributed by atoms with Crippen molar-refractivity contribution in [3.05, 3.63) is 29.1 Å². The van der Waals surface area contributed by atoms with Gasteiger partial charge in [0, 0.05) is 7.05 Å². The van der Waals surface area contributed by atoms with E-state index in [0.717, 1.165) is 23.1 Å². The summed E-state index contributed by atoms with van der Waals surface area (Å²) in [6, 6.07) is 7.97. The molecule has 0 bridgehead atoms. The van der Waals surface area contributed by atoms with E-state index in [4.69, 9.17) is 0 Å². The lowest BCUT2D eigenvalue weighted by atomic mass is 10.0. The number of fused-ring (bicyclic) bond motifs is 1. The standard InChI is InChI=1S/C24H41N3O2S2/c1-3-4-5-6-7-8-9-10-11-12-13-14-15-18-21-31(28,29)26-25-24-27(2)22-19-16-17-20-23(22)30-24/h16-17,19-20,26H,3-15,18,21H2,1-2H3/b25-24-. The fourth-order valence-corrected chi connectivity index (χ4v) is 5.77. The summed E-state index contributed by atoms with van der Waals surface area (Å²) in [5, 5.41) is 4.14. The van der Waals surface area contributed by atoms with Crippen LogP contribution < -0.4 is 9.63 Å². The van der Waals surface area contributed by atoms with Gasteiger partial charge in [0.15, 0.2) is 0 Å². The molecule has 1 aromatic heterocycles. The summed E-state index contributed by atoms with van der Waals surface area (Å²) in [4.78, 5) is 3.07. The third kappa shape index (κ3) is 10.2. The molecule has 31 heavy (non-hydrogen) atoms. The first-order valence-electron chi connectivity index (χ1n) is 12.1. The lowest BCUT2D eigenvalue weighted by Gasteiger charge is -2.04. The van der Waals surface area contributed by atoms with Crippen molar-refractivity contribution in [1.29, 1.82) is 0 Å². The van der Waals surface area contributed by atoms with E-state index in [0.29, 0.717) is 11.2 Å². The van der Waals surface area contributed by atoms with Gasteiger partial charge < -0.3 is 4.57 Å². The van der Waals surface area contributed by atoms with Gasteiger partial charge in [-0.3, -0.25) is 0 Å². The molecule has 0 aliphatic rings. The molecule has 0 fully saturated rings. The topological polar surface area (TPSA) is 63.5 Å². The van der Waals surface area contributed by atoms with Gasteiger partial charge in [0.05, 0.1) is 16.0 Å². The molecule has 5 nitrogen and oxygen atoms in total. The Balaban J connectivity index is 1.52. The van der Waals surface area contributed by atoms with E-state index < -0.39 is 10.0 Å². The Morgan fingerprint density at radius 2 is 1.35 bits per heavy atom. The fourth-order valence-electron chi connectivity index (χ4n) is 3.83. The highest BCUT2D eigenvalue weighted by molar-refractivity contribution is 7.89. The predicted octanol–water partition coefficient (Wildman–Crippen LogP) is 6.46. The number of nitrogens with zero attached hydrogens (tertiary/aromatic N) is 2. The van der Waals surface area contributed by atoms with Gasteiger partial charge in [-0.25, -0.2) is 13.2 Å². The maximum Gasteiger partial charge on any atom is 0.247 e. The van der Waals surface area contributed by atoms with E-state index in [1.807, 2.05) is 35.9 Å². The lowest BCUT2D eigenvalue weighted by molar-refractivity contribution is 0.536. The van der Waals surface area contributed by atoms with Crippen molar-refractivity contribution in [3.63, 3.8) is 0 Å². The second-order valence-corrected chi connectivity index (χ2v) is 11.4. The molecule has 0 saturated heterocycles. The Morgan fingerprint density at radius 3 is 1.90 bits per heavy atom. The molecule has 0 atom stereocenters. The number of para-hydroxylation sites is 1. The minimum atomic E-state index is -3.37. The largest absolute Gasteiger partial charge is 0.318 e. The SMILES string of the molecule is CCCCCCCCCCCCCCCCS(=O)(=O)N/N=c1\sc2ccccc2n1C. The number of aryl methyl sites for hydroxylation is 1. The van der Waals surface area contributed by atoms with Crippen molar-refractivity contribution in [3.8, 4) is 0 Å². The van der Waals surface area contributed by atoms with Gasteiger partial charge in [-0.05, 0) is 18.6 Å². The van der Waals surface area contributed by atoms with Crippen LogP contribution in [0.2, 0.25) is 0 Å². The Labute approximate surface area is 193 Å². The van der Waals surface area contributed by atoms with Crippen LogP contribution in [0.25, 0.3) is 10.2 Å². The maximum atomic E-state index is 12.2. The lowest BCUT2D eigenvalue weighted by Crippen LogP contribution is -2.25. The number of hydrogen-bond acceptors (Lipinski definition) is 4. The molecule has 0 unspecified atom stereocenters. The molecule has 1 aromatic carbocycles. The number of benzene rings is 1. The van der Waals surface area contributed by atoms with Gasteiger partial charge in [0.1, 0.15) is 0 Å². The fraction of sp³-hybridized carbons (Fsp3) is 0.708. The molecule has 0 saturated carbocycles. The van der Waals surface area contributed by atoms with Crippen molar-refractivity contribution in [2.24, 2.45) is 12.1 Å². The van der Waals surface area contributed by atoms with Crippen molar-refractivity contribution in [1.82, 2.24) is 9.40 Å². The van der Waals surface area contributed by atoms with Crippen molar-refractivity contribution in [2.45, 2.75) is 96.8 Å². The van der Waals surface area contributed by atoms with Crippen LogP contribution in [0.3, 0.4) is 0 Å². The average molecular weight is 468 g/mol. The Kier molecular flexibility index (Phi) is 12.3. The predicted molar refractivity (Wildman–Crippen MR) is 134 cm³/mol. The van der Waals surface area contributed by atoms with Crippen LogP contribution in [-0.4, -0.2) is 18.7 Å². The van der Waals surface area contributed by atoms with Crippen LogP contribution in [-0.2, 0) is 17.1 Å². The molecule has 2 rings (SSSR count). The smallest absolute Gasteiger partial charge is 0.247 e. The van der Waals surface area contributed by atoms with E-state index >= 15 is 0 Å². The van der Waals surface area contributed by atoms with Crippen LogP contribution in [0.1, 0.15) is 96.8 Å². The number of hydrogen-bond donors (Lipinski definition) is 1. The summed E-state index contributed by atoms with van der Waals surface area (Å²) >= 11 is 1.48. The molecule has 176 valence electrons. The molecule has 1 heterocycles. The van der Waals surface area contributed by atoms with Gasteiger partial charge in [0.25, 0.3) is 0 Å². The van der Waals surface area contributed by atoms with Crippen molar-refractivity contribution in [2.75, 3.05) is 5.75 Å². The monoisotopic (exact) mass is 467 g/mol. The van der Waals surface area contributed by atoms with Gasteiger partial charge in [-0.2, -0.15) is 0 Å². The van der Waals surface area contributed by atoms with E-state index in [-0.39, 0.29) is 5.75 Å².